The van der Waals surface area contributed by atoms with E-state index in [-0.39, 0.29) is 0 Å². The standard InChI is InChI=1S/C16H30N2/c1-12(2)15-10-18(9-8-13-4-5-13)16(3,11-17-15)14-6-7-14/h12-15,17H,4-11H2,1-3H3. The minimum absolute atomic E-state index is 0.459. The van der Waals surface area contributed by atoms with Gasteiger partial charge in [-0.25, -0.2) is 0 Å². The van der Waals surface area contributed by atoms with Crippen molar-refractivity contribution in [1.29, 1.82) is 0 Å². The lowest BCUT2D eigenvalue weighted by Gasteiger charge is -2.50. The molecule has 3 rings (SSSR count). The van der Waals surface area contributed by atoms with Crippen LogP contribution in [0, 0.1) is 17.8 Å². The maximum Gasteiger partial charge on any atom is 0.0334 e. The Morgan fingerprint density at radius 2 is 1.94 bits per heavy atom. The number of hydrogen-bond donors (Lipinski definition) is 1. The van der Waals surface area contributed by atoms with Gasteiger partial charge in [0.15, 0.2) is 0 Å². The number of piperazine rings is 1. The second-order valence-corrected chi connectivity index (χ2v) is 7.54. The lowest BCUT2D eigenvalue weighted by atomic mass is 9.87. The van der Waals surface area contributed by atoms with Crippen LogP contribution in [0.25, 0.3) is 0 Å². The summed E-state index contributed by atoms with van der Waals surface area (Å²) in [6.45, 7) is 11.1. The summed E-state index contributed by atoms with van der Waals surface area (Å²) in [4.78, 5) is 2.85. The van der Waals surface area contributed by atoms with Crippen LogP contribution >= 0.6 is 0 Å². The third-order valence-electron chi connectivity index (χ3n) is 5.63. The first-order valence-corrected chi connectivity index (χ1v) is 8.08. The van der Waals surface area contributed by atoms with Crippen molar-refractivity contribution in [3.05, 3.63) is 0 Å². The Balaban J connectivity index is 1.64. The van der Waals surface area contributed by atoms with E-state index in [1.165, 1.54) is 51.7 Å². The van der Waals surface area contributed by atoms with Gasteiger partial charge >= 0.3 is 0 Å². The van der Waals surface area contributed by atoms with Gasteiger partial charge in [-0.2, -0.15) is 0 Å². The number of nitrogens with one attached hydrogen (secondary N) is 1. The van der Waals surface area contributed by atoms with Gasteiger partial charge in [0.05, 0.1) is 0 Å². The molecule has 2 saturated carbocycles. The van der Waals surface area contributed by atoms with E-state index in [4.69, 9.17) is 0 Å². The highest BCUT2D eigenvalue weighted by Crippen LogP contribution is 2.45. The quantitative estimate of drug-likeness (QED) is 0.807. The molecule has 1 saturated heterocycles. The van der Waals surface area contributed by atoms with E-state index in [1.807, 2.05) is 0 Å². The summed E-state index contributed by atoms with van der Waals surface area (Å²) in [5.74, 6) is 2.80. The van der Waals surface area contributed by atoms with Crippen molar-refractivity contribution in [3.8, 4) is 0 Å². The Labute approximate surface area is 113 Å². The molecule has 0 bridgehead atoms. The van der Waals surface area contributed by atoms with Crippen LogP contribution < -0.4 is 5.32 Å². The maximum atomic E-state index is 3.82. The van der Waals surface area contributed by atoms with Crippen LogP contribution in [0.2, 0.25) is 0 Å². The van der Waals surface area contributed by atoms with Crippen molar-refractivity contribution < 1.29 is 0 Å². The fraction of sp³-hybridized carbons (Fsp3) is 1.00. The maximum absolute atomic E-state index is 3.82. The van der Waals surface area contributed by atoms with Crippen LogP contribution in [0.15, 0.2) is 0 Å². The van der Waals surface area contributed by atoms with Crippen LogP contribution in [0.5, 0.6) is 0 Å². The fourth-order valence-corrected chi connectivity index (χ4v) is 3.61. The molecular formula is C16H30N2. The molecule has 2 aliphatic carbocycles. The van der Waals surface area contributed by atoms with Crippen LogP contribution in [0.4, 0.5) is 0 Å². The Morgan fingerprint density at radius 1 is 1.22 bits per heavy atom. The topological polar surface area (TPSA) is 15.3 Å². The van der Waals surface area contributed by atoms with Crippen molar-refractivity contribution >= 4 is 0 Å². The molecule has 2 atom stereocenters. The first-order valence-electron chi connectivity index (χ1n) is 8.08. The van der Waals surface area contributed by atoms with Gasteiger partial charge in [-0.15, -0.1) is 0 Å². The average molecular weight is 250 g/mol. The van der Waals surface area contributed by atoms with Gasteiger partial charge in [-0.05, 0) is 50.5 Å². The minimum atomic E-state index is 0.459. The Hall–Kier alpha value is -0.0800. The van der Waals surface area contributed by atoms with Gasteiger partial charge < -0.3 is 5.32 Å². The van der Waals surface area contributed by atoms with Crippen LogP contribution in [-0.4, -0.2) is 36.1 Å². The van der Waals surface area contributed by atoms with Crippen LogP contribution in [0.3, 0.4) is 0 Å². The molecule has 0 aromatic heterocycles. The third kappa shape index (κ3) is 2.60. The zero-order valence-corrected chi connectivity index (χ0v) is 12.4. The largest absolute Gasteiger partial charge is 0.311 e. The molecule has 104 valence electrons. The lowest BCUT2D eigenvalue weighted by molar-refractivity contribution is 0.0236. The number of nitrogens with zero attached hydrogens (tertiary/aromatic N) is 1. The van der Waals surface area contributed by atoms with Crippen molar-refractivity contribution in [2.45, 2.75) is 64.5 Å². The Morgan fingerprint density at radius 3 is 2.50 bits per heavy atom. The van der Waals surface area contributed by atoms with Crippen molar-refractivity contribution in [3.63, 3.8) is 0 Å². The van der Waals surface area contributed by atoms with E-state index in [9.17, 15) is 0 Å². The highest BCUT2D eigenvalue weighted by molar-refractivity contribution is 5.05. The number of rotatable bonds is 5. The predicted molar refractivity (Wildman–Crippen MR) is 76.7 cm³/mol. The molecule has 2 heteroatoms. The predicted octanol–water partition coefficient (Wildman–Crippen LogP) is 2.89. The van der Waals surface area contributed by atoms with Crippen molar-refractivity contribution in [2.24, 2.45) is 17.8 Å². The fourth-order valence-electron chi connectivity index (χ4n) is 3.61. The van der Waals surface area contributed by atoms with Gasteiger partial charge in [0, 0.05) is 24.7 Å². The SMILES string of the molecule is CC(C)C1CN(CCC2CC2)C(C)(C2CC2)CN1. The molecule has 3 fully saturated rings. The van der Waals surface area contributed by atoms with Gasteiger partial charge in [-0.1, -0.05) is 26.7 Å². The molecule has 0 amide bonds. The summed E-state index contributed by atoms with van der Waals surface area (Å²) in [7, 11) is 0. The normalized spacial score (nSPS) is 38.3. The van der Waals surface area contributed by atoms with Gasteiger partial charge in [0.25, 0.3) is 0 Å². The first kappa shape index (κ1) is 12.9. The summed E-state index contributed by atoms with van der Waals surface area (Å²) < 4.78 is 0. The summed E-state index contributed by atoms with van der Waals surface area (Å²) >= 11 is 0. The highest BCUT2D eigenvalue weighted by Gasteiger charge is 2.48. The van der Waals surface area contributed by atoms with Crippen LogP contribution in [0.1, 0.15) is 52.9 Å². The monoisotopic (exact) mass is 250 g/mol. The van der Waals surface area contributed by atoms with Gasteiger partial charge in [-0.3, -0.25) is 4.90 Å². The molecule has 0 radical (unpaired) electrons. The molecule has 2 unspecified atom stereocenters. The molecular weight excluding hydrogens is 220 g/mol. The second-order valence-electron chi connectivity index (χ2n) is 7.54. The zero-order valence-electron chi connectivity index (χ0n) is 12.4. The van der Waals surface area contributed by atoms with Gasteiger partial charge in [0.2, 0.25) is 0 Å². The average Bonchev–Trinajstić information content (AvgIpc) is 3.18. The second kappa shape index (κ2) is 4.79. The zero-order chi connectivity index (χ0) is 12.8. The van der Waals surface area contributed by atoms with Crippen LogP contribution in [-0.2, 0) is 0 Å². The summed E-state index contributed by atoms with van der Waals surface area (Å²) in [5.41, 5.74) is 0.459. The smallest absolute Gasteiger partial charge is 0.0334 e. The molecule has 1 N–H and O–H groups in total. The molecule has 0 aromatic rings. The summed E-state index contributed by atoms with van der Waals surface area (Å²) in [6, 6.07) is 0.705. The van der Waals surface area contributed by atoms with E-state index >= 15 is 0 Å². The highest BCUT2D eigenvalue weighted by atomic mass is 15.3. The van der Waals surface area contributed by atoms with Crippen molar-refractivity contribution in [2.75, 3.05) is 19.6 Å². The van der Waals surface area contributed by atoms with Crippen molar-refractivity contribution in [1.82, 2.24) is 10.2 Å². The Bertz CT molecular complexity index is 293. The Kier molecular flexibility index (Phi) is 3.44. The van der Waals surface area contributed by atoms with Gasteiger partial charge in [0.1, 0.15) is 0 Å². The molecule has 1 aliphatic heterocycles. The third-order valence-corrected chi connectivity index (χ3v) is 5.63. The van der Waals surface area contributed by atoms with E-state index in [1.54, 1.807) is 0 Å². The number of hydrogen-bond acceptors (Lipinski definition) is 2. The van der Waals surface area contributed by atoms with E-state index in [0.29, 0.717) is 11.6 Å². The molecule has 18 heavy (non-hydrogen) atoms. The molecule has 1 heterocycles. The molecule has 2 nitrogen and oxygen atoms in total. The van der Waals surface area contributed by atoms with E-state index in [0.717, 1.165) is 17.8 Å². The minimum Gasteiger partial charge on any atom is -0.311 e. The summed E-state index contributed by atoms with van der Waals surface area (Å²) in [6.07, 6.45) is 7.38. The van der Waals surface area contributed by atoms with E-state index in [2.05, 4.69) is 31.0 Å². The molecule has 0 spiro atoms. The lowest BCUT2D eigenvalue weighted by Crippen LogP contribution is -2.65. The summed E-state index contributed by atoms with van der Waals surface area (Å²) in [5, 5.41) is 3.82. The molecule has 0 aromatic carbocycles. The molecule has 3 aliphatic rings. The van der Waals surface area contributed by atoms with E-state index < -0.39 is 0 Å². The first-order chi connectivity index (χ1) is 8.59.